The van der Waals surface area contributed by atoms with Gasteiger partial charge in [-0.25, -0.2) is 0 Å². The lowest BCUT2D eigenvalue weighted by atomic mass is 10.2. The molecule has 1 aromatic rings. The standard InChI is InChI=1S/C16H15F3O2S2/c1-22-13-10-20-15(21-11-13)5-3-2-4-12-6-8-14(9-7-12)23(19)16(17)18/h2,4,6-9,13,15H,10-11H2,1H3. The SMILES string of the molecule is CSC1COC(C#CC=Cc2ccc(S(F)=C(F)F)cc2)OC1. The fourth-order valence-corrected chi connectivity index (χ4v) is 2.73. The van der Waals surface area contributed by atoms with Gasteiger partial charge in [-0.05, 0) is 42.0 Å². The van der Waals surface area contributed by atoms with E-state index in [0.717, 1.165) is 5.56 Å². The van der Waals surface area contributed by atoms with Crippen LogP contribution in [-0.2, 0) is 9.47 Å². The maximum atomic E-state index is 13.1. The van der Waals surface area contributed by atoms with Crippen LogP contribution in [0.3, 0.4) is 0 Å². The molecule has 1 aliphatic rings. The number of ether oxygens (including phenoxy) is 2. The summed E-state index contributed by atoms with van der Waals surface area (Å²) in [5.74, 6) is 5.64. The van der Waals surface area contributed by atoms with Crippen LogP contribution in [-0.4, -0.2) is 36.4 Å². The van der Waals surface area contributed by atoms with Crippen molar-refractivity contribution in [1.29, 1.82) is 0 Å². The highest BCUT2D eigenvalue weighted by Crippen LogP contribution is 2.30. The molecule has 1 aliphatic heterocycles. The number of hydrogen-bond donors (Lipinski definition) is 0. The van der Waals surface area contributed by atoms with Crippen molar-refractivity contribution in [3.63, 3.8) is 0 Å². The van der Waals surface area contributed by atoms with Crippen LogP contribution in [0.15, 0.2) is 35.2 Å². The zero-order chi connectivity index (χ0) is 16.7. The van der Waals surface area contributed by atoms with Gasteiger partial charge in [0.05, 0.1) is 29.3 Å². The number of benzene rings is 1. The van der Waals surface area contributed by atoms with Crippen LogP contribution in [0.4, 0.5) is 12.7 Å². The molecule has 0 N–H and O–H groups in total. The summed E-state index contributed by atoms with van der Waals surface area (Å²) in [7, 11) is -2.61. The molecular formula is C16H15F3O2S2. The van der Waals surface area contributed by atoms with Gasteiger partial charge in [0.1, 0.15) is 0 Å². The lowest BCUT2D eigenvalue weighted by molar-refractivity contribution is -0.140. The van der Waals surface area contributed by atoms with Crippen molar-refractivity contribution in [2.45, 2.75) is 16.4 Å². The second kappa shape index (κ2) is 9.18. The van der Waals surface area contributed by atoms with E-state index in [2.05, 4.69) is 11.8 Å². The van der Waals surface area contributed by atoms with E-state index in [9.17, 15) is 12.7 Å². The van der Waals surface area contributed by atoms with E-state index in [1.807, 2.05) is 6.26 Å². The van der Waals surface area contributed by atoms with Crippen molar-refractivity contribution >= 4 is 34.1 Å². The monoisotopic (exact) mass is 360 g/mol. The summed E-state index contributed by atoms with van der Waals surface area (Å²) < 4.78 is 48.4. The first-order valence-corrected chi connectivity index (χ1v) is 9.13. The fraction of sp³-hybridized carbons (Fsp3) is 0.312. The van der Waals surface area contributed by atoms with Crippen LogP contribution in [0.25, 0.3) is 6.08 Å². The van der Waals surface area contributed by atoms with E-state index in [-0.39, 0.29) is 4.90 Å². The Morgan fingerprint density at radius 2 is 1.91 bits per heavy atom. The van der Waals surface area contributed by atoms with Crippen molar-refractivity contribution in [3.05, 3.63) is 35.9 Å². The van der Waals surface area contributed by atoms with Crippen LogP contribution in [0, 0.1) is 11.8 Å². The Morgan fingerprint density at radius 3 is 2.48 bits per heavy atom. The van der Waals surface area contributed by atoms with Crippen LogP contribution in [0.1, 0.15) is 5.56 Å². The minimum absolute atomic E-state index is 0.0411. The summed E-state index contributed by atoms with van der Waals surface area (Å²) in [5, 5.41) is -1.87. The van der Waals surface area contributed by atoms with E-state index in [0.29, 0.717) is 18.5 Å². The van der Waals surface area contributed by atoms with Gasteiger partial charge in [-0.3, -0.25) is 0 Å². The van der Waals surface area contributed by atoms with Crippen molar-refractivity contribution in [1.82, 2.24) is 0 Å². The van der Waals surface area contributed by atoms with Crippen LogP contribution in [0.5, 0.6) is 0 Å². The van der Waals surface area contributed by atoms with E-state index >= 15 is 0 Å². The number of hydrogen-bond acceptors (Lipinski definition) is 3. The third-order valence-corrected chi connectivity index (χ3v) is 4.88. The number of rotatable bonds is 3. The van der Waals surface area contributed by atoms with Crippen molar-refractivity contribution < 1.29 is 22.1 Å². The molecule has 1 fully saturated rings. The summed E-state index contributed by atoms with van der Waals surface area (Å²) in [6.45, 7) is 1.22. The van der Waals surface area contributed by atoms with Crippen LogP contribution in [0.2, 0.25) is 0 Å². The van der Waals surface area contributed by atoms with Gasteiger partial charge in [0.2, 0.25) is 6.29 Å². The number of halogens is 3. The summed E-state index contributed by atoms with van der Waals surface area (Å²) in [5.41, 5.74) is 0.743. The molecule has 0 radical (unpaired) electrons. The molecule has 1 unspecified atom stereocenters. The van der Waals surface area contributed by atoms with Crippen molar-refractivity contribution in [3.8, 4) is 11.8 Å². The molecule has 2 nitrogen and oxygen atoms in total. The Balaban J connectivity index is 1.89. The minimum Gasteiger partial charge on any atom is -0.341 e. The minimum atomic E-state index is -2.61. The Bertz CT molecular complexity index is 636. The maximum absolute atomic E-state index is 13.1. The maximum Gasteiger partial charge on any atom is 0.328 e. The second-order valence-corrected chi connectivity index (χ2v) is 6.96. The highest BCUT2D eigenvalue weighted by molar-refractivity contribution is 8.11. The molecular weight excluding hydrogens is 345 g/mol. The Labute approximate surface area is 140 Å². The molecule has 1 aromatic carbocycles. The molecule has 2 rings (SSSR count). The Hall–Kier alpha value is -1.20. The molecule has 124 valence electrons. The van der Waals surface area contributed by atoms with E-state index in [4.69, 9.17) is 9.47 Å². The molecule has 0 saturated carbocycles. The van der Waals surface area contributed by atoms with Gasteiger partial charge in [0.15, 0.2) is 0 Å². The second-order valence-electron chi connectivity index (χ2n) is 4.53. The molecule has 0 bridgehead atoms. The number of allylic oxidation sites excluding steroid dienone is 1. The summed E-state index contributed by atoms with van der Waals surface area (Å²) in [6.07, 6.45) is 4.79. The van der Waals surface area contributed by atoms with E-state index < -0.39 is 22.5 Å². The van der Waals surface area contributed by atoms with Crippen LogP contribution < -0.4 is 0 Å². The lowest BCUT2D eigenvalue weighted by Crippen LogP contribution is -2.32. The van der Waals surface area contributed by atoms with Crippen molar-refractivity contribution in [2.75, 3.05) is 19.5 Å². The smallest absolute Gasteiger partial charge is 0.328 e. The van der Waals surface area contributed by atoms with Crippen molar-refractivity contribution in [2.24, 2.45) is 0 Å². The Morgan fingerprint density at radius 1 is 1.26 bits per heavy atom. The summed E-state index contributed by atoms with van der Waals surface area (Å²) >= 11 is 1.69. The normalized spacial score (nSPS) is 22.4. The largest absolute Gasteiger partial charge is 0.341 e. The Kier molecular flexibility index (Phi) is 7.24. The quantitative estimate of drug-likeness (QED) is 0.454. The van der Waals surface area contributed by atoms with E-state index in [1.54, 1.807) is 36.0 Å². The third-order valence-electron chi connectivity index (χ3n) is 2.98. The molecule has 7 heteroatoms. The van der Waals surface area contributed by atoms with Gasteiger partial charge in [-0.15, -0.1) is 0 Å². The van der Waals surface area contributed by atoms with Gasteiger partial charge in [-0.1, -0.05) is 18.1 Å². The average molecular weight is 360 g/mol. The molecule has 1 atom stereocenters. The van der Waals surface area contributed by atoms with E-state index in [1.165, 1.54) is 12.1 Å². The molecule has 0 spiro atoms. The zero-order valence-electron chi connectivity index (χ0n) is 12.3. The fourth-order valence-electron chi connectivity index (χ4n) is 1.75. The molecule has 0 aliphatic carbocycles. The van der Waals surface area contributed by atoms with Gasteiger partial charge in [0, 0.05) is 4.90 Å². The van der Waals surface area contributed by atoms with Crippen LogP contribution >= 0.6 is 22.6 Å². The van der Waals surface area contributed by atoms with Gasteiger partial charge in [-0.2, -0.15) is 24.4 Å². The molecule has 23 heavy (non-hydrogen) atoms. The predicted octanol–water partition coefficient (Wildman–Crippen LogP) is 4.35. The highest BCUT2D eigenvalue weighted by Gasteiger charge is 2.19. The molecule has 1 heterocycles. The summed E-state index contributed by atoms with van der Waals surface area (Å²) in [6, 6.07) is 5.80. The molecule has 0 amide bonds. The first-order chi connectivity index (χ1) is 11.1. The topological polar surface area (TPSA) is 18.5 Å². The van der Waals surface area contributed by atoms with Gasteiger partial charge >= 0.3 is 5.37 Å². The predicted molar refractivity (Wildman–Crippen MR) is 90.4 cm³/mol. The first-order valence-electron chi connectivity index (χ1n) is 6.72. The zero-order valence-corrected chi connectivity index (χ0v) is 13.9. The lowest BCUT2D eigenvalue weighted by Gasteiger charge is -2.24. The molecule has 1 saturated heterocycles. The van der Waals surface area contributed by atoms with Gasteiger partial charge < -0.3 is 9.47 Å². The van der Waals surface area contributed by atoms with Gasteiger partial charge in [0.25, 0.3) is 0 Å². The third kappa shape index (κ3) is 5.74. The highest BCUT2D eigenvalue weighted by atomic mass is 32.2. The first kappa shape index (κ1) is 18.1. The average Bonchev–Trinajstić information content (AvgIpc) is 2.59. The number of thioether (sulfide) groups is 1. The molecule has 0 aromatic heterocycles. The summed E-state index contributed by atoms with van der Waals surface area (Å²) in [4.78, 5) is -0.0411.